The molecule has 0 fully saturated rings. The molecule has 2 heteroatoms. The van der Waals surface area contributed by atoms with E-state index in [2.05, 4.69) is 69.5 Å². The van der Waals surface area contributed by atoms with Crippen molar-refractivity contribution in [3.63, 3.8) is 0 Å². The van der Waals surface area contributed by atoms with Crippen molar-refractivity contribution >= 4 is 11.3 Å². The lowest BCUT2D eigenvalue weighted by atomic mass is 9.99. The Morgan fingerprint density at radius 3 is 2.25 bits per heavy atom. The van der Waals surface area contributed by atoms with Crippen LogP contribution in [0, 0.1) is 0 Å². The van der Waals surface area contributed by atoms with E-state index >= 15 is 0 Å². The number of benzene rings is 1. The van der Waals surface area contributed by atoms with Crippen molar-refractivity contribution in [2.75, 3.05) is 7.05 Å². The molecule has 1 aromatic heterocycles. The fourth-order valence-electron chi connectivity index (χ4n) is 2.39. The number of aryl methyl sites for hydroxylation is 1. The van der Waals surface area contributed by atoms with Crippen LogP contribution in [-0.4, -0.2) is 7.05 Å². The SMILES string of the molecule is CCc1ccc(C(Cc2ccc(C(C)C)cc2)NC)s1. The van der Waals surface area contributed by atoms with Crippen molar-refractivity contribution < 1.29 is 0 Å². The summed E-state index contributed by atoms with van der Waals surface area (Å²) in [4.78, 5) is 2.91. The summed E-state index contributed by atoms with van der Waals surface area (Å²) >= 11 is 1.93. The average molecular weight is 287 g/mol. The highest BCUT2D eigenvalue weighted by Gasteiger charge is 2.12. The summed E-state index contributed by atoms with van der Waals surface area (Å²) in [5.74, 6) is 0.605. The van der Waals surface area contributed by atoms with Gasteiger partial charge in [-0.2, -0.15) is 0 Å². The molecule has 2 aromatic rings. The lowest BCUT2D eigenvalue weighted by Gasteiger charge is -2.15. The van der Waals surface area contributed by atoms with Crippen molar-refractivity contribution in [1.82, 2.24) is 5.32 Å². The van der Waals surface area contributed by atoms with Gasteiger partial charge < -0.3 is 5.32 Å². The van der Waals surface area contributed by atoms with Crippen LogP contribution in [0.1, 0.15) is 53.6 Å². The summed E-state index contributed by atoms with van der Waals surface area (Å²) in [6.07, 6.45) is 2.18. The molecule has 0 aliphatic heterocycles. The van der Waals surface area contributed by atoms with E-state index in [9.17, 15) is 0 Å². The lowest BCUT2D eigenvalue weighted by Crippen LogP contribution is -2.17. The van der Waals surface area contributed by atoms with Crippen LogP contribution in [0.25, 0.3) is 0 Å². The van der Waals surface area contributed by atoms with Crippen molar-refractivity contribution in [2.24, 2.45) is 0 Å². The van der Waals surface area contributed by atoms with Gasteiger partial charge in [0, 0.05) is 15.8 Å². The molecule has 0 aliphatic rings. The second-order valence-corrected chi connectivity index (χ2v) is 6.80. The second kappa shape index (κ2) is 7.05. The number of rotatable bonds is 6. The van der Waals surface area contributed by atoms with Crippen molar-refractivity contribution in [3.05, 3.63) is 57.3 Å². The molecule has 1 nitrogen and oxygen atoms in total. The highest BCUT2D eigenvalue weighted by molar-refractivity contribution is 7.12. The lowest BCUT2D eigenvalue weighted by molar-refractivity contribution is 0.602. The number of thiophene rings is 1. The van der Waals surface area contributed by atoms with Gasteiger partial charge in [-0.05, 0) is 49.1 Å². The van der Waals surface area contributed by atoms with Crippen LogP contribution >= 0.6 is 11.3 Å². The molecule has 1 unspecified atom stereocenters. The average Bonchev–Trinajstić information content (AvgIpc) is 2.94. The molecule has 1 N–H and O–H groups in total. The predicted molar refractivity (Wildman–Crippen MR) is 89.7 cm³/mol. The first-order chi connectivity index (χ1) is 9.63. The van der Waals surface area contributed by atoms with Gasteiger partial charge in [-0.25, -0.2) is 0 Å². The highest BCUT2D eigenvalue weighted by Crippen LogP contribution is 2.26. The molecular weight excluding hydrogens is 262 g/mol. The molecule has 0 radical (unpaired) electrons. The van der Waals surface area contributed by atoms with Gasteiger partial charge in [0.25, 0.3) is 0 Å². The topological polar surface area (TPSA) is 12.0 Å². The van der Waals surface area contributed by atoms with Gasteiger partial charge in [-0.3, -0.25) is 0 Å². The Morgan fingerprint density at radius 2 is 1.75 bits per heavy atom. The van der Waals surface area contributed by atoms with E-state index in [0.717, 1.165) is 12.8 Å². The Hall–Kier alpha value is -1.12. The molecule has 108 valence electrons. The molecule has 0 saturated heterocycles. The van der Waals surface area contributed by atoms with Crippen molar-refractivity contribution in [2.45, 2.75) is 45.6 Å². The number of likely N-dealkylation sites (N-methyl/N-ethyl adjacent to an activating group) is 1. The molecule has 0 aliphatic carbocycles. The maximum atomic E-state index is 3.45. The zero-order valence-corrected chi connectivity index (χ0v) is 13.8. The van der Waals surface area contributed by atoms with E-state index in [1.165, 1.54) is 20.9 Å². The Bertz CT molecular complexity index is 525. The Kier molecular flexibility index (Phi) is 5.38. The summed E-state index contributed by atoms with van der Waals surface area (Å²) in [7, 11) is 2.05. The first-order valence-corrected chi connectivity index (χ1v) is 8.30. The van der Waals surface area contributed by atoms with Gasteiger partial charge in [0.15, 0.2) is 0 Å². The van der Waals surface area contributed by atoms with E-state index < -0.39 is 0 Å². The van der Waals surface area contributed by atoms with E-state index in [1.54, 1.807) is 0 Å². The smallest absolute Gasteiger partial charge is 0.0453 e. The molecule has 0 bridgehead atoms. The van der Waals surface area contributed by atoms with Crippen LogP contribution in [0.4, 0.5) is 0 Å². The maximum Gasteiger partial charge on any atom is 0.0453 e. The van der Waals surface area contributed by atoms with Crippen LogP contribution < -0.4 is 5.32 Å². The maximum absolute atomic E-state index is 3.45. The highest BCUT2D eigenvalue weighted by atomic mass is 32.1. The molecule has 20 heavy (non-hydrogen) atoms. The van der Waals surface area contributed by atoms with Gasteiger partial charge in [-0.1, -0.05) is 45.0 Å². The Balaban J connectivity index is 2.09. The number of hydrogen-bond donors (Lipinski definition) is 1. The van der Waals surface area contributed by atoms with Crippen LogP contribution in [0.15, 0.2) is 36.4 Å². The van der Waals surface area contributed by atoms with Gasteiger partial charge in [0.05, 0.1) is 0 Å². The molecule has 1 heterocycles. The third-order valence-corrected chi connectivity index (χ3v) is 5.15. The summed E-state index contributed by atoms with van der Waals surface area (Å²) < 4.78 is 0. The van der Waals surface area contributed by atoms with E-state index in [1.807, 2.05) is 11.3 Å². The second-order valence-electron chi connectivity index (χ2n) is 5.60. The van der Waals surface area contributed by atoms with E-state index in [4.69, 9.17) is 0 Å². The Labute approximate surface area is 127 Å². The normalized spacial score (nSPS) is 12.8. The zero-order chi connectivity index (χ0) is 14.5. The number of hydrogen-bond acceptors (Lipinski definition) is 2. The fraction of sp³-hybridized carbons (Fsp3) is 0.444. The van der Waals surface area contributed by atoms with Crippen LogP contribution in [-0.2, 0) is 12.8 Å². The molecular formula is C18H25NS. The molecule has 0 spiro atoms. The Morgan fingerprint density at radius 1 is 1.05 bits per heavy atom. The molecule has 2 rings (SSSR count). The first kappa shape index (κ1) is 15.3. The predicted octanol–water partition coefficient (Wildman–Crippen LogP) is 4.94. The standard InChI is InChI=1S/C18H25NS/c1-5-16-10-11-18(20-16)17(19-4)12-14-6-8-15(9-7-14)13(2)3/h6-11,13,17,19H,5,12H2,1-4H3. The van der Waals surface area contributed by atoms with E-state index in [-0.39, 0.29) is 0 Å². The monoisotopic (exact) mass is 287 g/mol. The van der Waals surface area contributed by atoms with Crippen LogP contribution in [0.5, 0.6) is 0 Å². The zero-order valence-electron chi connectivity index (χ0n) is 12.9. The molecule has 0 amide bonds. The minimum absolute atomic E-state index is 0.421. The van der Waals surface area contributed by atoms with Gasteiger partial charge in [0.2, 0.25) is 0 Å². The van der Waals surface area contributed by atoms with Gasteiger partial charge in [0.1, 0.15) is 0 Å². The minimum atomic E-state index is 0.421. The van der Waals surface area contributed by atoms with Crippen LogP contribution in [0.3, 0.4) is 0 Å². The van der Waals surface area contributed by atoms with Crippen molar-refractivity contribution in [3.8, 4) is 0 Å². The molecule has 1 aromatic carbocycles. The quantitative estimate of drug-likeness (QED) is 0.793. The van der Waals surface area contributed by atoms with Crippen molar-refractivity contribution in [1.29, 1.82) is 0 Å². The summed E-state index contributed by atoms with van der Waals surface area (Å²) in [6, 6.07) is 14.0. The third-order valence-electron chi connectivity index (χ3n) is 3.81. The first-order valence-electron chi connectivity index (χ1n) is 7.48. The molecule has 1 atom stereocenters. The largest absolute Gasteiger partial charge is 0.312 e. The third kappa shape index (κ3) is 3.71. The van der Waals surface area contributed by atoms with Gasteiger partial charge >= 0.3 is 0 Å². The van der Waals surface area contributed by atoms with Crippen LogP contribution in [0.2, 0.25) is 0 Å². The summed E-state index contributed by atoms with van der Waals surface area (Å²) in [6.45, 7) is 6.70. The number of nitrogens with one attached hydrogen (secondary N) is 1. The molecule has 0 saturated carbocycles. The fourth-order valence-corrected chi connectivity index (χ4v) is 3.45. The van der Waals surface area contributed by atoms with E-state index in [0.29, 0.717) is 12.0 Å². The summed E-state index contributed by atoms with van der Waals surface area (Å²) in [5.41, 5.74) is 2.82. The van der Waals surface area contributed by atoms with Gasteiger partial charge in [-0.15, -0.1) is 11.3 Å². The minimum Gasteiger partial charge on any atom is -0.312 e. The summed E-state index contributed by atoms with van der Waals surface area (Å²) in [5, 5.41) is 3.45.